The minimum Gasteiger partial charge on any atom is -0.477 e. The van der Waals surface area contributed by atoms with Crippen molar-refractivity contribution in [2.45, 2.75) is 24.3 Å². The molecule has 1 aromatic rings. The molecule has 5 nitrogen and oxygen atoms in total. The first-order valence-electron chi connectivity index (χ1n) is 5.23. The summed E-state index contributed by atoms with van der Waals surface area (Å²) < 4.78 is 26.6. The van der Waals surface area contributed by atoms with Crippen LogP contribution < -0.4 is 4.72 Å². The lowest BCUT2D eigenvalue weighted by atomic mass is 10.3. The van der Waals surface area contributed by atoms with Crippen LogP contribution in [0, 0.1) is 0 Å². The summed E-state index contributed by atoms with van der Waals surface area (Å²) in [5.41, 5.74) is 0. The van der Waals surface area contributed by atoms with Gasteiger partial charge < -0.3 is 5.11 Å². The quantitative estimate of drug-likeness (QED) is 0.803. The van der Waals surface area contributed by atoms with Crippen molar-refractivity contribution in [1.29, 1.82) is 0 Å². The highest BCUT2D eigenvalue weighted by Crippen LogP contribution is 2.20. The summed E-state index contributed by atoms with van der Waals surface area (Å²) in [6.07, 6.45) is 2.60. The van der Waals surface area contributed by atoms with Crippen LogP contribution in [0.2, 0.25) is 0 Å². The first kappa shape index (κ1) is 15.5. The second-order valence-corrected chi connectivity index (χ2v) is 7.17. The summed E-state index contributed by atoms with van der Waals surface area (Å²) in [4.78, 5) is 10.8. The Morgan fingerprint density at radius 2 is 2.28 bits per heavy atom. The Kier molecular flexibility index (Phi) is 5.64. The van der Waals surface area contributed by atoms with Gasteiger partial charge in [0.05, 0.1) is 4.90 Å². The number of hydrogen-bond acceptors (Lipinski definition) is 5. The molecule has 2 N–H and O–H groups in total. The van der Waals surface area contributed by atoms with E-state index in [0.717, 1.165) is 11.3 Å². The molecule has 102 valence electrons. The summed E-state index contributed by atoms with van der Waals surface area (Å²) in [6.45, 7) is 1.90. The predicted molar refractivity (Wildman–Crippen MR) is 74.1 cm³/mol. The lowest BCUT2D eigenvalue weighted by Gasteiger charge is -2.15. The van der Waals surface area contributed by atoms with Gasteiger partial charge in [0.15, 0.2) is 0 Å². The van der Waals surface area contributed by atoms with Crippen LogP contribution in [0.25, 0.3) is 0 Å². The molecule has 8 heteroatoms. The number of aromatic carboxylic acids is 1. The highest BCUT2D eigenvalue weighted by Gasteiger charge is 2.21. The van der Waals surface area contributed by atoms with E-state index in [-0.39, 0.29) is 15.8 Å². The normalized spacial score (nSPS) is 13.4. The Morgan fingerprint density at radius 1 is 1.61 bits per heavy atom. The largest absolute Gasteiger partial charge is 0.477 e. The van der Waals surface area contributed by atoms with Crippen molar-refractivity contribution in [3.05, 3.63) is 16.3 Å². The Labute approximate surface area is 115 Å². The molecule has 1 rings (SSSR count). The summed E-state index contributed by atoms with van der Waals surface area (Å²) in [7, 11) is -3.62. The second-order valence-electron chi connectivity index (χ2n) is 3.63. The molecular weight excluding hydrogens is 294 g/mol. The van der Waals surface area contributed by atoms with Crippen molar-refractivity contribution in [1.82, 2.24) is 4.72 Å². The minimum atomic E-state index is -3.62. The Hall–Kier alpha value is -0.570. The van der Waals surface area contributed by atoms with Crippen LogP contribution in [0.5, 0.6) is 0 Å². The summed E-state index contributed by atoms with van der Waals surface area (Å²) >= 11 is 2.47. The molecule has 0 aliphatic rings. The van der Waals surface area contributed by atoms with E-state index < -0.39 is 16.0 Å². The lowest BCUT2D eigenvalue weighted by Crippen LogP contribution is -2.35. The number of hydrogen-bond donors (Lipinski definition) is 2. The van der Waals surface area contributed by atoms with Crippen LogP contribution in [0.3, 0.4) is 0 Å². The predicted octanol–water partition coefficient (Wildman–Crippen LogP) is 1.87. The van der Waals surface area contributed by atoms with E-state index in [1.165, 1.54) is 11.4 Å². The molecular formula is C10H15NO4S3. The summed E-state index contributed by atoms with van der Waals surface area (Å²) in [5, 5.41) is 10.1. The van der Waals surface area contributed by atoms with Gasteiger partial charge in [-0.25, -0.2) is 17.9 Å². The molecule has 18 heavy (non-hydrogen) atoms. The van der Waals surface area contributed by atoms with Crippen LogP contribution in [0.1, 0.15) is 23.0 Å². The highest BCUT2D eigenvalue weighted by atomic mass is 32.2. The summed E-state index contributed by atoms with van der Waals surface area (Å²) in [6, 6.07) is 1.04. The number of carboxylic acids is 1. The van der Waals surface area contributed by atoms with Crippen molar-refractivity contribution >= 4 is 39.1 Å². The zero-order valence-corrected chi connectivity index (χ0v) is 12.5. The van der Waals surface area contributed by atoms with Gasteiger partial charge in [0, 0.05) is 17.2 Å². The number of thioether (sulfide) groups is 1. The van der Waals surface area contributed by atoms with Crippen molar-refractivity contribution in [2.75, 3.05) is 12.0 Å². The van der Waals surface area contributed by atoms with Gasteiger partial charge in [-0.05, 0) is 18.7 Å². The number of carboxylic acid groups (broad SMARTS) is 1. The molecule has 0 amide bonds. The molecule has 0 fully saturated rings. The lowest BCUT2D eigenvalue weighted by molar-refractivity contribution is 0.0702. The highest BCUT2D eigenvalue weighted by molar-refractivity contribution is 7.98. The van der Waals surface area contributed by atoms with Gasteiger partial charge in [0.25, 0.3) is 0 Å². The Balaban J connectivity index is 2.88. The molecule has 0 spiro atoms. The summed E-state index contributed by atoms with van der Waals surface area (Å²) in [5.74, 6) is -0.427. The maximum Gasteiger partial charge on any atom is 0.345 e. The van der Waals surface area contributed by atoms with Crippen molar-refractivity contribution in [3.8, 4) is 0 Å². The van der Waals surface area contributed by atoms with E-state index in [1.54, 1.807) is 11.8 Å². The molecule has 1 aromatic heterocycles. The molecule has 0 aliphatic heterocycles. The average molecular weight is 309 g/mol. The van der Waals surface area contributed by atoms with E-state index in [2.05, 4.69) is 4.72 Å². The molecule has 0 radical (unpaired) electrons. The standard InChI is InChI=1S/C10H15NO4S3/c1-3-7(5-16-2)11-18(14,15)8-4-9(10(12)13)17-6-8/h4,6-7,11H,3,5H2,1-2H3,(H,12,13). The van der Waals surface area contributed by atoms with Gasteiger partial charge in [0.1, 0.15) is 4.88 Å². The molecule has 1 heterocycles. The van der Waals surface area contributed by atoms with Crippen molar-refractivity contribution < 1.29 is 18.3 Å². The van der Waals surface area contributed by atoms with Gasteiger partial charge in [-0.2, -0.15) is 11.8 Å². The number of carbonyl (C=O) groups is 1. The number of nitrogens with one attached hydrogen (secondary N) is 1. The smallest absolute Gasteiger partial charge is 0.345 e. The fourth-order valence-electron chi connectivity index (χ4n) is 1.30. The van der Waals surface area contributed by atoms with Crippen LogP contribution in [0.15, 0.2) is 16.3 Å². The minimum absolute atomic E-state index is 0.0180. The average Bonchev–Trinajstić information content (AvgIpc) is 2.78. The maximum atomic E-state index is 12.0. The maximum absolute atomic E-state index is 12.0. The second kappa shape index (κ2) is 6.55. The number of rotatable bonds is 7. The number of thiophene rings is 1. The Bertz CT molecular complexity index is 509. The van der Waals surface area contributed by atoms with E-state index in [1.807, 2.05) is 13.2 Å². The first-order valence-corrected chi connectivity index (χ1v) is 8.99. The first-order chi connectivity index (χ1) is 8.40. The molecule has 0 bridgehead atoms. The van der Waals surface area contributed by atoms with Gasteiger partial charge in [-0.1, -0.05) is 6.92 Å². The molecule has 0 saturated heterocycles. The van der Waals surface area contributed by atoms with Crippen LogP contribution in [-0.4, -0.2) is 37.5 Å². The van der Waals surface area contributed by atoms with Gasteiger partial charge in [-0.15, -0.1) is 11.3 Å². The fourth-order valence-corrected chi connectivity index (χ4v) is 4.55. The molecule has 0 aliphatic carbocycles. The third-order valence-electron chi connectivity index (χ3n) is 2.28. The molecule has 1 atom stereocenters. The van der Waals surface area contributed by atoms with Crippen LogP contribution >= 0.6 is 23.1 Å². The zero-order chi connectivity index (χ0) is 13.8. The van der Waals surface area contributed by atoms with Crippen LogP contribution in [-0.2, 0) is 10.0 Å². The molecule has 0 saturated carbocycles. The van der Waals surface area contributed by atoms with Crippen molar-refractivity contribution in [3.63, 3.8) is 0 Å². The monoisotopic (exact) mass is 309 g/mol. The SMILES string of the molecule is CCC(CSC)NS(=O)(=O)c1csc(C(=O)O)c1. The molecule has 1 unspecified atom stereocenters. The third-order valence-corrected chi connectivity index (χ3v) is 5.58. The van der Waals surface area contributed by atoms with Crippen molar-refractivity contribution in [2.24, 2.45) is 0 Å². The Morgan fingerprint density at radius 3 is 2.72 bits per heavy atom. The van der Waals surface area contributed by atoms with E-state index in [0.29, 0.717) is 12.2 Å². The fraction of sp³-hybridized carbons (Fsp3) is 0.500. The van der Waals surface area contributed by atoms with E-state index >= 15 is 0 Å². The topological polar surface area (TPSA) is 83.5 Å². The van der Waals surface area contributed by atoms with E-state index in [4.69, 9.17) is 5.11 Å². The zero-order valence-electron chi connectivity index (χ0n) is 10.0. The van der Waals surface area contributed by atoms with Crippen LogP contribution in [0.4, 0.5) is 0 Å². The van der Waals surface area contributed by atoms with Gasteiger partial charge in [0.2, 0.25) is 10.0 Å². The van der Waals surface area contributed by atoms with Gasteiger partial charge in [-0.3, -0.25) is 0 Å². The molecule has 0 aromatic carbocycles. The van der Waals surface area contributed by atoms with E-state index in [9.17, 15) is 13.2 Å². The number of sulfonamides is 1. The third kappa shape index (κ3) is 3.98. The van der Waals surface area contributed by atoms with Gasteiger partial charge >= 0.3 is 5.97 Å².